The number of aliphatic hydroxyl groups excluding tert-OH is 2. The van der Waals surface area contributed by atoms with Gasteiger partial charge in [0.05, 0.1) is 43.9 Å². The van der Waals surface area contributed by atoms with Crippen molar-refractivity contribution in [3.63, 3.8) is 0 Å². The highest BCUT2D eigenvalue weighted by atomic mass is 16.6. The first-order valence-electron chi connectivity index (χ1n) is 15.7. The quantitative estimate of drug-likeness (QED) is 0.103. The maximum Gasteiger partial charge on any atom is 0.337 e. The van der Waals surface area contributed by atoms with E-state index < -0.39 is 18.2 Å². The molecule has 1 heterocycles. The molecule has 2 amide bonds. The summed E-state index contributed by atoms with van der Waals surface area (Å²) >= 11 is 0. The van der Waals surface area contributed by atoms with Crippen molar-refractivity contribution in [2.75, 3.05) is 66.4 Å². The number of aliphatic hydroxyl groups is 2. The molecular weight excluding hydrogens is 628 g/mol. The predicted molar refractivity (Wildman–Crippen MR) is 169 cm³/mol. The van der Waals surface area contributed by atoms with E-state index in [-0.39, 0.29) is 94.5 Å². The van der Waals surface area contributed by atoms with Crippen LogP contribution in [0.1, 0.15) is 12.8 Å². The van der Waals surface area contributed by atoms with Crippen molar-refractivity contribution in [2.24, 2.45) is 28.0 Å². The first kappa shape index (κ1) is 36.3. The standard InChI is InChI=1S/C33H42N4O11/c1-37(12-14-46-32(42)26-19-48-33(43)31-22(18-38)7-9-25(26)31)30(41)21-45-16-15-44-13-11-34-29(40)20-47-28-17-24(39)8-10-27(28)36-35-23-5-3-2-4-6-23/h2-6,8,10,17,19,22,25,31,33,38-39,43H,7,9,11-16,18,20-21H2,1H3,(H,34,40). The number of hydrogen-bond acceptors (Lipinski definition) is 13. The van der Waals surface area contributed by atoms with Gasteiger partial charge in [-0.05, 0) is 43.0 Å². The molecule has 2 aromatic carbocycles. The number of carbonyl (C=O) groups excluding carboxylic acids is 3. The Labute approximate surface area is 278 Å². The van der Waals surface area contributed by atoms with Crippen LogP contribution in [0.25, 0.3) is 0 Å². The number of fused-ring (bicyclic) bond motifs is 1. The molecule has 4 atom stereocenters. The summed E-state index contributed by atoms with van der Waals surface area (Å²) < 4.78 is 26.9. The Balaban J connectivity index is 1.03. The first-order valence-corrected chi connectivity index (χ1v) is 15.7. The number of phenolic OH excluding ortho intramolecular Hbond substituents is 1. The Kier molecular flexibility index (Phi) is 14.1. The molecule has 1 aliphatic carbocycles. The van der Waals surface area contributed by atoms with Crippen LogP contribution in [0.5, 0.6) is 11.5 Å². The lowest BCUT2D eigenvalue weighted by molar-refractivity contribution is -0.150. The molecule has 0 saturated heterocycles. The highest BCUT2D eigenvalue weighted by molar-refractivity contribution is 5.89. The second kappa shape index (κ2) is 18.7. The van der Waals surface area contributed by atoms with Crippen LogP contribution in [-0.2, 0) is 33.3 Å². The van der Waals surface area contributed by atoms with E-state index >= 15 is 0 Å². The molecule has 4 unspecified atom stereocenters. The molecule has 4 N–H and O–H groups in total. The molecule has 1 saturated carbocycles. The summed E-state index contributed by atoms with van der Waals surface area (Å²) in [6.07, 6.45) is 1.49. The van der Waals surface area contributed by atoms with E-state index in [4.69, 9.17) is 23.7 Å². The summed E-state index contributed by atoms with van der Waals surface area (Å²) in [7, 11) is 1.57. The van der Waals surface area contributed by atoms with Crippen LogP contribution in [0.3, 0.4) is 0 Å². The number of aromatic hydroxyl groups is 1. The van der Waals surface area contributed by atoms with E-state index in [2.05, 4.69) is 15.5 Å². The monoisotopic (exact) mass is 670 g/mol. The molecule has 1 fully saturated rings. The fraction of sp³-hybridized carbons (Fsp3) is 0.485. The molecule has 15 heteroatoms. The number of esters is 1. The average Bonchev–Trinajstić information content (AvgIpc) is 3.53. The van der Waals surface area contributed by atoms with Gasteiger partial charge in [0.25, 0.3) is 5.91 Å². The lowest BCUT2D eigenvalue weighted by Gasteiger charge is -2.32. The van der Waals surface area contributed by atoms with Gasteiger partial charge >= 0.3 is 5.97 Å². The number of hydrogen-bond donors (Lipinski definition) is 4. The first-order chi connectivity index (χ1) is 23.3. The number of carbonyl (C=O) groups is 3. The van der Waals surface area contributed by atoms with Gasteiger partial charge in [-0.1, -0.05) is 18.2 Å². The van der Waals surface area contributed by atoms with E-state index in [1.54, 1.807) is 19.2 Å². The molecule has 2 aliphatic rings. The van der Waals surface area contributed by atoms with E-state index in [1.165, 1.54) is 29.4 Å². The number of nitrogens with one attached hydrogen (secondary N) is 1. The van der Waals surface area contributed by atoms with Gasteiger partial charge in [-0.2, -0.15) is 5.11 Å². The predicted octanol–water partition coefficient (Wildman–Crippen LogP) is 2.20. The molecular formula is C33H42N4O11. The third-order valence-electron chi connectivity index (χ3n) is 7.97. The summed E-state index contributed by atoms with van der Waals surface area (Å²) in [6.45, 7) is 0.320. The van der Waals surface area contributed by atoms with Crippen molar-refractivity contribution in [3.8, 4) is 11.5 Å². The second-order valence-electron chi connectivity index (χ2n) is 11.2. The topological polar surface area (TPSA) is 198 Å². The fourth-order valence-electron chi connectivity index (χ4n) is 5.37. The zero-order valence-corrected chi connectivity index (χ0v) is 26.7. The van der Waals surface area contributed by atoms with Crippen LogP contribution in [0, 0.1) is 17.8 Å². The molecule has 0 bridgehead atoms. The van der Waals surface area contributed by atoms with E-state index in [9.17, 15) is 29.7 Å². The minimum absolute atomic E-state index is 0.0317. The molecule has 15 nitrogen and oxygen atoms in total. The van der Waals surface area contributed by atoms with Crippen LogP contribution in [-0.4, -0.2) is 111 Å². The van der Waals surface area contributed by atoms with E-state index in [0.29, 0.717) is 29.8 Å². The average molecular weight is 671 g/mol. The van der Waals surface area contributed by atoms with Gasteiger partial charge in [0.2, 0.25) is 5.91 Å². The number of azo groups is 1. The molecule has 4 rings (SSSR count). The summed E-state index contributed by atoms with van der Waals surface area (Å²) in [4.78, 5) is 38.6. The molecule has 0 aromatic heterocycles. The van der Waals surface area contributed by atoms with Crippen LogP contribution >= 0.6 is 0 Å². The summed E-state index contributed by atoms with van der Waals surface area (Å²) in [5.74, 6) is -1.86. The summed E-state index contributed by atoms with van der Waals surface area (Å²) in [6, 6.07) is 13.4. The summed E-state index contributed by atoms with van der Waals surface area (Å²) in [5, 5.41) is 40.4. The van der Waals surface area contributed by atoms with Crippen molar-refractivity contribution in [3.05, 3.63) is 60.4 Å². The largest absolute Gasteiger partial charge is 0.508 e. The van der Waals surface area contributed by atoms with Gasteiger partial charge in [0.15, 0.2) is 18.6 Å². The van der Waals surface area contributed by atoms with Crippen molar-refractivity contribution >= 4 is 29.2 Å². The van der Waals surface area contributed by atoms with Gasteiger partial charge in [-0.15, -0.1) is 5.11 Å². The highest BCUT2D eigenvalue weighted by Crippen LogP contribution is 2.46. The fourth-order valence-corrected chi connectivity index (χ4v) is 5.37. The number of phenols is 1. The smallest absolute Gasteiger partial charge is 0.337 e. The SMILES string of the molecule is CN(CCOC(=O)C1=COC(O)C2C(CO)CCC12)C(=O)COCCOCCNC(=O)COc1cc(O)ccc1N=Nc1ccccc1. The van der Waals surface area contributed by atoms with E-state index in [0.717, 1.165) is 0 Å². The normalized spacial score (nSPS) is 20.0. The maximum atomic E-state index is 12.6. The van der Waals surface area contributed by atoms with Crippen molar-refractivity contribution < 1.29 is 53.4 Å². The van der Waals surface area contributed by atoms with Crippen molar-refractivity contribution in [2.45, 2.75) is 19.1 Å². The van der Waals surface area contributed by atoms with Gasteiger partial charge in [0, 0.05) is 38.1 Å². The lowest BCUT2D eigenvalue weighted by Crippen LogP contribution is -2.38. The van der Waals surface area contributed by atoms with Gasteiger partial charge in [-0.25, -0.2) is 4.79 Å². The molecule has 48 heavy (non-hydrogen) atoms. The molecule has 0 radical (unpaired) electrons. The molecule has 260 valence electrons. The number of ether oxygens (including phenoxy) is 5. The second-order valence-corrected chi connectivity index (χ2v) is 11.2. The lowest BCUT2D eigenvalue weighted by atomic mass is 9.83. The number of benzene rings is 2. The molecule has 0 spiro atoms. The van der Waals surface area contributed by atoms with Gasteiger partial charge in [-0.3, -0.25) is 9.59 Å². The molecule has 1 aliphatic heterocycles. The Morgan fingerprint density at radius 2 is 1.79 bits per heavy atom. The van der Waals surface area contributed by atoms with Crippen LogP contribution < -0.4 is 10.1 Å². The van der Waals surface area contributed by atoms with E-state index in [1.807, 2.05) is 18.2 Å². The zero-order chi connectivity index (χ0) is 34.3. The third kappa shape index (κ3) is 10.7. The van der Waals surface area contributed by atoms with Crippen LogP contribution in [0.2, 0.25) is 0 Å². The molecule has 2 aromatic rings. The third-order valence-corrected chi connectivity index (χ3v) is 7.97. The summed E-state index contributed by atoms with van der Waals surface area (Å²) in [5.41, 5.74) is 1.32. The van der Waals surface area contributed by atoms with Gasteiger partial charge < -0.3 is 49.2 Å². The Morgan fingerprint density at radius 3 is 2.58 bits per heavy atom. The van der Waals surface area contributed by atoms with Gasteiger partial charge in [0.1, 0.15) is 24.7 Å². The van der Waals surface area contributed by atoms with Crippen LogP contribution in [0.4, 0.5) is 11.4 Å². The minimum Gasteiger partial charge on any atom is -0.508 e. The Hall–Kier alpha value is -4.57. The number of likely N-dealkylation sites (N-methyl/N-ethyl adjacent to an activating group) is 1. The maximum absolute atomic E-state index is 12.6. The Morgan fingerprint density at radius 1 is 1.00 bits per heavy atom. The van der Waals surface area contributed by atoms with Crippen molar-refractivity contribution in [1.82, 2.24) is 10.2 Å². The number of nitrogens with zero attached hydrogens (tertiary/aromatic N) is 3. The number of rotatable bonds is 18. The minimum atomic E-state index is -1.07. The Bertz CT molecular complexity index is 1420. The number of amides is 2. The zero-order valence-electron chi connectivity index (χ0n) is 26.7. The van der Waals surface area contributed by atoms with Crippen LogP contribution in [0.15, 0.2) is 70.6 Å². The van der Waals surface area contributed by atoms with Crippen molar-refractivity contribution in [1.29, 1.82) is 0 Å². The highest BCUT2D eigenvalue weighted by Gasteiger charge is 2.47.